The number of hydrogen-bond acceptors (Lipinski definition) is 5. The zero-order valence-corrected chi connectivity index (χ0v) is 10.4. The molecule has 2 aromatic rings. The molecule has 2 rings (SSSR count). The fourth-order valence-electron chi connectivity index (χ4n) is 2.11. The summed E-state index contributed by atoms with van der Waals surface area (Å²) in [6.07, 6.45) is 3.87. The van der Waals surface area contributed by atoms with Crippen molar-refractivity contribution in [3.05, 3.63) is 6.20 Å². The fourth-order valence-corrected chi connectivity index (χ4v) is 2.11. The van der Waals surface area contributed by atoms with Gasteiger partial charge in [-0.05, 0) is 12.8 Å². The number of anilines is 2. The highest BCUT2D eigenvalue weighted by Gasteiger charge is 2.17. The van der Waals surface area contributed by atoms with E-state index in [1.54, 1.807) is 6.20 Å². The summed E-state index contributed by atoms with van der Waals surface area (Å²) in [6.45, 7) is 4.34. The van der Waals surface area contributed by atoms with E-state index in [1.165, 1.54) is 0 Å². The predicted molar refractivity (Wildman–Crippen MR) is 68.9 cm³/mol. The molecule has 0 aliphatic rings. The molecule has 0 aromatic carbocycles. The number of fused-ring (bicyclic) bond motifs is 1. The Morgan fingerprint density at radius 1 is 1.35 bits per heavy atom. The summed E-state index contributed by atoms with van der Waals surface area (Å²) < 4.78 is 0. The first-order chi connectivity index (χ1) is 8.17. The molecule has 0 bridgehead atoms. The number of nitrogen functional groups attached to an aromatic ring is 1. The normalized spacial score (nSPS) is 11.3. The van der Waals surface area contributed by atoms with Gasteiger partial charge in [0, 0.05) is 13.1 Å². The monoisotopic (exact) mass is 234 g/mol. The van der Waals surface area contributed by atoms with Gasteiger partial charge in [0.2, 0.25) is 5.95 Å². The maximum Gasteiger partial charge on any atom is 0.224 e. The fraction of sp³-hybridized carbons (Fsp3) is 0.545. The minimum atomic E-state index is 0.273. The van der Waals surface area contributed by atoms with E-state index in [1.807, 2.05) is 7.05 Å². The highest BCUT2D eigenvalue weighted by molar-refractivity contribution is 5.87. The van der Waals surface area contributed by atoms with E-state index in [-0.39, 0.29) is 5.95 Å². The second kappa shape index (κ2) is 4.57. The van der Waals surface area contributed by atoms with Gasteiger partial charge in [-0.2, -0.15) is 15.1 Å². The van der Waals surface area contributed by atoms with Gasteiger partial charge >= 0.3 is 0 Å². The average Bonchev–Trinajstić information content (AvgIpc) is 2.77. The molecule has 2 heterocycles. The van der Waals surface area contributed by atoms with Crippen LogP contribution >= 0.6 is 0 Å². The lowest BCUT2D eigenvalue weighted by atomic mass is 10.1. The number of nitrogens with one attached hydrogen (secondary N) is 1. The maximum absolute atomic E-state index is 5.71. The summed E-state index contributed by atoms with van der Waals surface area (Å²) >= 11 is 0. The van der Waals surface area contributed by atoms with E-state index in [4.69, 9.17) is 5.73 Å². The molecule has 2 aromatic heterocycles. The molecule has 17 heavy (non-hydrogen) atoms. The van der Waals surface area contributed by atoms with Crippen LogP contribution in [0.15, 0.2) is 6.20 Å². The molecule has 6 heteroatoms. The van der Waals surface area contributed by atoms with Crippen LogP contribution in [0.5, 0.6) is 0 Å². The summed E-state index contributed by atoms with van der Waals surface area (Å²) in [5, 5.41) is 7.72. The molecule has 92 valence electrons. The second-order valence-corrected chi connectivity index (χ2v) is 4.12. The summed E-state index contributed by atoms with van der Waals surface area (Å²) in [5.74, 6) is 1.12. The zero-order chi connectivity index (χ0) is 12.4. The molecule has 0 spiro atoms. The number of aromatic amines is 1. The quantitative estimate of drug-likeness (QED) is 0.838. The van der Waals surface area contributed by atoms with Crippen molar-refractivity contribution in [2.75, 3.05) is 17.7 Å². The SMILES string of the molecule is CCC(CC)N(C)c1nc(N)nc2[nH]ncc12. The Morgan fingerprint density at radius 3 is 2.71 bits per heavy atom. The largest absolute Gasteiger partial charge is 0.368 e. The number of nitrogens with two attached hydrogens (primary N) is 1. The Bertz CT molecular complexity index is 502. The molecule has 3 N–H and O–H groups in total. The molecule has 0 radical (unpaired) electrons. The van der Waals surface area contributed by atoms with Gasteiger partial charge in [-0.1, -0.05) is 13.8 Å². The Morgan fingerprint density at radius 2 is 2.06 bits per heavy atom. The third kappa shape index (κ3) is 2.02. The van der Waals surface area contributed by atoms with Crippen molar-refractivity contribution >= 4 is 22.8 Å². The topological polar surface area (TPSA) is 83.7 Å². The zero-order valence-electron chi connectivity index (χ0n) is 10.4. The predicted octanol–water partition coefficient (Wildman–Crippen LogP) is 1.56. The lowest BCUT2D eigenvalue weighted by molar-refractivity contribution is 0.588. The number of hydrogen-bond donors (Lipinski definition) is 2. The van der Waals surface area contributed by atoms with Gasteiger partial charge in [0.25, 0.3) is 0 Å². The Hall–Kier alpha value is -1.85. The van der Waals surface area contributed by atoms with Gasteiger partial charge in [-0.25, -0.2) is 0 Å². The highest BCUT2D eigenvalue weighted by Crippen LogP contribution is 2.25. The first kappa shape index (κ1) is 11.6. The van der Waals surface area contributed by atoms with Gasteiger partial charge in [0.1, 0.15) is 5.82 Å². The highest BCUT2D eigenvalue weighted by atomic mass is 15.2. The van der Waals surface area contributed by atoms with Crippen LogP contribution in [0.2, 0.25) is 0 Å². The summed E-state index contributed by atoms with van der Waals surface area (Å²) in [6, 6.07) is 0.447. The molecular weight excluding hydrogens is 216 g/mol. The van der Waals surface area contributed by atoms with Gasteiger partial charge in [0.15, 0.2) is 5.65 Å². The van der Waals surface area contributed by atoms with Crippen molar-refractivity contribution in [3.63, 3.8) is 0 Å². The molecule has 0 aliphatic heterocycles. The van der Waals surface area contributed by atoms with Crippen LogP contribution in [-0.2, 0) is 0 Å². The lowest BCUT2D eigenvalue weighted by Gasteiger charge is -2.27. The average molecular weight is 234 g/mol. The van der Waals surface area contributed by atoms with E-state index >= 15 is 0 Å². The van der Waals surface area contributed by atoms with Crippen molar-refractivity contribution in [1.29, 1.82) is 0 Å². The van der Waals surface area contributed by atoms with Crippen LogP contribution in [0.3, 0.4) is 0 Å². The van der Waals surface area contributed by atoms with Crippen molar-refractivity contribution < 1.29 is 0 Å². The van der Waals surface area contributed by atoms with Crippen LogP contribution in [0.4, 0.5) is 11.8 Å². The number of nitrogens with zero attached hydrogens (tertiary/aromatic N) is 4. The first-order valence-electron chi connectivity index (χ1n) is 5.86. The van der Waals surface area contributed by atoms with Crippen molar-refractivity contribution in [3.8, 4) is 0 Å². The van der Waals surface area contributed by atoms with Gasteiger partial charge < -0.3 is 10.6 Å². The number of aromatic nitrogens is 4. The van der Waals surface area contributed by atoms with E-state index in [0.717, 1.165) is 24.0 Å². The summed E-state index contributed by atoms with van der Waals surface area (Å²) in [7, 11) is 2.03. The molecule has 0 amide bonds. The van der Waals surface area contributed by atoms with Crippen LogP contribution < -0.4 is 10.6 Å². The molecule has 0 unspecified atom stereocenters. The first-order valence-corrected chi connectivity index (χ1v) is 5.86. The maximum atomic E-state index is 5.71. The van der Waals surface area contributed by atoms with Gasteiger partial charge in [0.05, 0.1) is 11.6 Å². The molecule has 0 saturated heterocycles. The van der Waals surface area contributed by atoms with Crippen molar-refractivity contribution in [2.24, 2.45) is 0 Å². The molecule has 6 nitrogen and oxygen atoms in total. The van der Waals surface area contributed by atoms with Crippen LogP contribution in [0.1, 0.15) is 26.7 Å². The van der Waals surface area contributed by atoms with Gasteiger partial charge in [-0.3, -0.25) is 5.10 Å². The number of rotatable bonds is 4. The van der Waals surface area contributed by atoms with Crippen LogP contribution in [-0.4, -0.2) is 33.3 Å². The second-order valence-electron chi connectivity index (χ2n) is 4.12. The lowest BCUT2D eigenvalue weighted by Crippen LogP contribution is -2.31. The van der Waals surface area contributed by atoms with E-state index < -0.39 is 0 Å². The summed E-state index contributed by atoms with van der Waals surface area (Å²) in [4.78, 5) is 10.6. The number of H-pyrrole nitrogens is 1. The van der Waals surface area contributed by atoms with Crippen molar-refractivity contribution in [2.45, 2.75) is 32.7 Å². The summed E-state index contributed by atoms with van der Waals surface area (Å²) in [5.41, 5.74) is 6.39. The van der Waals surface area contributed by atoms with E-state index in [2.05, 4.69) is 38.9 Å². The van der Waals surface area contributed by atoms with E-state index in [9.17, 15) is 0 Å². The minimum Gasteiger partial charge on any atom is -0.368 e. The smallest absolute Gasteiger partial charge is 0.224 e. The minimum absolute atomic E-state index is 0.273. The van der Waals surface area contributed by atoms with Gasteiger partial charge in [-0.15, -0.1) is 0 Å². The van der Waals surface area contributed by atoms with Crippen LogP contribution in [0, 0.1) is 0 Å². The van der Waals surface area contributed by atoms with Crippen LogP contribution in [0.25, 0.3) is 11.0 Å². The third-order valence-corrected chi connectivity index (χ3v) is 3.13. The van der Waals surface area contributed by atoms with Crippen molar-refractivity contribution in [1.82, 2.24) is 20.2 Å². The molecule has 0 aliphatic carbocycles. The molecule has 0 saturated carbocycles. The van der Waals surface area contributed by atoms with E-state index in [0.29, 0.717) is 11.7 Å². The molecular formula is C11H18N6. The standard InChI is InChI=1S/C11H18N6/c1-4-7(5-2)17(3)10-8-6-13-16-9(8)14-11(12)15-10/h6-7H,4-5H2,1-3H3,(H3,12,13,14,15,16). The Balaban J connectivity index is 2.49. The molecule has 0 fully saturated rings. The Kier molecular flexibility index (Phi) is 3.12. The Labute approximate surface area is 100 Å². The molecule has 0 atom stereocenters. The third-order valence-electron chi connectivity index (χ3n) is 3.13.